The highest BCUT2D eigenvalue weighted by Gasteiger charge is 2.20. The summed E-state index contributed by atoms with van der Waals surface area (Å²) in [5, 5.41) is 22.6. The second kappa shape index (κ2) is 9.11. The number of hydrogen-bond acceptors (Lipinski definition) is 5. The molecule has 1 amide bonds. The van der Waals surface area contributed by atoms with Gasteiger partial charge < -0.3 is 25.3 Å². The molecule has 7 nitrogen and oxygen atoms in total. The number of nitrogens with one attached hydrogen (secondary N) is 1. The van der Waals surface area contributed by atoms with Crippen LogP contribution in [0.15, 0.2) is 66.7 Å². The minimum atomic E-state index is -1.14. The highest BCUT2D eigenvalue weighted by molar-refractivity contribution is 6.10. The largest absolute Gasteiger partial charge is 0.507 e. The summed E-state index contributed by atoms with van der Waals surface area (Å²) in [7, 11) is 2.07. The van der Waals surface area contributed by atoms with Crippen LogP contribution in [-0.4, -0.2) is 60.2 Å². The van der Waals surface area contributed by atoms with Gasteiger partial charge in [-0.05, 0) is 48.5 Å². The molecule has 1 aliphatic rings. The predicted octanol–water partition coefficient (Wildman–Crippen LogP) is 3.76. The fourth-order valence-electron chi connectivity index (χ4n) is 3.80. The van der Waals surface area contributed by atoms with E-state index in [1.807, 2.05) is 30.3 Å². The third-order valence-corrected chi connectivity index (χ3v) is 5.70. The van der Waals surface area contributed by atoms with E-state index in [0.29, 0.717) is 0 Å². The van der Waals surface area contributed by atoms with E-state index in [1.54, 1.807) is 24.3 Å². The van der Waals surface area contributed by atoms with Gasteiger partial charge in [-0.25, -0.2) is 4.79 Å². The lowest BCUT2D eigenvalue weighted by atomic mass is 10.0. The van der Waals surface area contributed by atoms with E-state index in [4.69, 9.17) is 0 Å². The lowest BCUT2D eigenvalue weighted by Crippen LogP contribution is -2.44. The number of benzene rings is 3. The van der Waals surface area contributed by atoms with Crippen molar-refractivity contribution >= 4 is 23.3 Å². The van der Waals surface area contributed by atoms with Crippen molar-refractivity contribution in [1.29, 1.82) is 0 Å². The topological polar surface area (TPSA) is 93.1 Å². The number of nitrogens with zero attached hydrogens (tertiary/aromatic N) is 2. The average Bonchev–Trinajstić information content (AvgIpc) is 2.80. The second-order valence-corrected chi connectivity index (χ2v) is 7.88. The molecule has 164 valence electrons. The first kappa shape index (κ1) is 21.4. The molecule has 0 unspecified atom stereocenters. The Labute approximate surface area is 186 Å². The number of aromatic carboxylic acids is 1. The summed E-state index contributed by atoms with van der Waals surface area (Å²) in [6, 6.07) is 19.3. The summed E-state index contributed by atoms with van der Waals surface area (Å²) in [5.41, 5.74) is 2.78. The number of rotatable bonds is 5. The first-order valence-corrected chi connectivity index (χ1v) is 10.4. The van der Waals surface area contributed by atoms with Crippen LogP contribution in [0.25, 0.3) is 11.1 Å². The Morgan fingerprint density at radius 3 is 2.25 bits per heavy atom. The summed E-state index contributed by atoms with van der Waals surface area (Å²) in [6.45, 7) is 3.47. The Balaban J connectivity index is 1.63. The van der Waals surface area contributed by atoms with E-state index in [-0.39, 0.29) is 22.6 Å². The first-order valence-electron chi connectivity index (χ1n) is 10.4. The van der Waals surface area contributed by atoms with E-state index >= 15 is 0 Å². The molecule has 3 aromatic rings. The molecule has 1 aliphatic heterocycles. The van der Waals surface area contributed by atoms with Gasteiger partial charge in [-0.3, -0.25) is 4.79 Å². The van der Waals surface area contributed by atoms with Gasteiger partial charge in [0.1, 0.15) is 5.75 Å². The molecule has 0 bridgehead atoms. The van der Waals surface area contributed by atoms with E-state index < -0.39 is 11.9 Å². The Hall–Kier alpha value is -3.84. The molecule has 0 radical (unpaired) electrons. The Bertz CT molecular complexity index is 1140. The normalized spacial score (nSPS) is 14.2. The van der Waals surface area contributed by atoms with Crippen molar-refractivity contribution in [1.82, 2.24) is 4.90 Å². The molecular weight excluding hydrogens is 406 g/mol. The van der Waals surface area contributed by atoms with Gasteiger partial charge in [-0.15, -0.1) is 0 Å². The number of likely N-dealkylation sites (N-methyl/N-ethyl adjacent to an activating group) is 1. The second-order valence-electron chi connectivity index (χ2n) is 7.88. The van der Waals surface area contributed by atoms with E-state index in [1.165, 1.54) is 12.1 Å². The van der Waals surface area contributed by atoms with Crippen molar-refractivity contribution in [2.75, 3.05) is 43.4 Å². The summed E-state index contributed by atoms with van der Waals surface area (Å²) in [4.78, 5) is 29.2. The van der Waals surface area contributed by atoms with Crippen LogP contribution in [0.1, 0.15) is 20.7 Å². The maximum absolute atomic E-state index is 13.1. The number of amides is 1. The number of carbonyl (C=O) groups excluding carboxylic acids is 1. The fourth-order valence-corrected chi connectivity index (χ4v) is 3.80. The maximum Gasteiger partial charge on any atom is 0.337 e. The van der Waals surface area contributed by atoms with Crippen LogP contribution in [0.3, 0.4) is 0 Å². The van der Waals surface area contributed by atoms with Crippen molar-refractivity contribution in [3.63, 3.8) is 0 Å². The van der Waals surface area contributed by atoms with Gasteiger partial charge in [0.05, 0.1) is 16.8 Å². The van der Waals surface area contributed by atoms with Crippen molar-refractivity contribution in [3.05, 3.63) is 77.9 Å². The van der Waals surface area contributed by atoms with Crippen molar-refractivity contribution in [3.8, 4) is 16.9 Å². The zero-order valence-corrected chi connectivity index (χ0v) is 17.8. The summed E-state index contributed by atoms with van der Waals surface area (Å²) in [5.74, 6) is -1.86. The van der Waals surface area contributed by atoms with Gasteiger partial charge in [0.25, 0.3) is 5.91 Å². The van der Waals surface area contributed by atoms with Gasteiger partial charge in [0, 0.05) is 31.9 Å². The zero-order chi connectivity index (χ0) is 22.7. The highest BCUT2D eigenvalue weighted by Crippen LogP contribution is 2.29. The number of phenols is 1. The molecule has 1 heterocycles. The minimum Gasteiger partial charge on any atom is -0.507 e. The van der Waals surface area contributed by atoms with Crippen molar-refractivity contribution in [2.45, 2.75) is 0 Å². The number of carboxylic acid groups (broad SMARTS) is 1. The molecule has 32 heavy (non-hydrogen) atoms. The Morgan fingerprint density at radius 2 is 1.56 bits per heavy atom. The van der Waals surface area contributed by atoms with Crippen LogP contribution in [-0.2, 0) is 0 Å². The Kier molecular flexibility index (Phi) is 6.09. The number of piperazine rings is 1. The van der Waals surface area contributed by atoms with Crippen molar-refractivity contribution in [2.24, 2.45) is 0 Å². The summed E-state index contributed by atoms with van der Waals surface area (Å²) < 4.78 is 0. The Morgan fingerprint density at radius 1 is 0.844 bits per heavy atom. The van der Waals surface area contributed by atoms with Crippen LogP contribution < -0.4 is 10.2 Å². The molecule has 4 rings (SSSR count). The molecule has 0 spiro atoms. The van der Waals surface area contributed by atoms with Gasteiger partial charge in [0.2, 0.25) is 0 Å². The third kappa shape index (κ3) is 4.58. The summed E-state index contributed by atoms with van der Waals surface area (Å²) >= 11 is 0. The highest BCUT2D eigenvalue weighted by atomic mass is 16.4. The third-order valence-electron chi connectivity index (χ3n) is 5.70. The molecule has 0 atom stereocenters. The van der Waals surface area contributed by atoms with Crippen LogP contribution in [0.5, 0.6) is 5.75 Å². The number of carboxylic acids is 1. The maximum atomic E-state index is 13.1. The van der Waals surface area contributed by atoms with Gasteiger partial charge in [-0.1, -0.05) is 36.4 Å². The van der Waals surface area contributed by atoms with E-state index in [2.05, 4.69) is 22.2 Å². The lowest BCUT2D eigenvalue weighted by molar-refractivity contribution is 0.0698. The van der Waals surface area contributed by atoms with Crippen molar-refractivity contribution < 1.29 is 19.8 Å². The van der Waals surface area contributed by atoms with Crippen LogP contribution >= 0.6 is 0 Å². The van der Waals surface area contributed by atoms with E-state index in [0.717, 1.165) is 43.0 Å². The van der Waals surface area contributed by atoms with Gasteiger partial charge in [-0.2, -0.15) is 0 Å². The summed E-state index contributed by atoms with van der Waals surface area (Å²) in [6.07, 6.45) is 0. The van der Waals surface area contributed by atoms with Crippen LogP contribution in [0.4, 0.5) is 11.4 Å². The number of hydrogen-bond donors (Lipinski definition) is 3. The molecule has 7 heteroatoms. The monoisotopic (exact) mass is 431 g/mol. The smallest absolute Gasteiger partial charge is 0.337 e. The molecule has 3 N–H and O–H groups in total. The molecule has 1 fully saturated rings. The molecule has 1 saturated heterocycles. The minimum absolute atomic E-state index is 0.0206. The lowest BCUT2D eigenvalue weighted by Gasteiger charge is -2.34. The number of aromatic hydroxyl groups is 1. The molecule has 0 aliphatic carbocycles. The molecular formula is C25H25N3O4. The van der Waals surface area contributed by atoms with E-state index in [9.17, 15) is 19.8 Å². The zero-order valence-electron chi connectivity index (χ0n) is 17.8. The van der Waals surface area contributed by atoms with Gasteiger partial charge in [0.15, 0.2) is 0 Å². The van der Waals surface area contributed by atoms with Crippen LogP contribution in [0, 0.1) is 0 Å². The predicted molar refractivity (Wildman–Crippen MR) is 125 cm³/mol. The number of anilines is 2. The molecule has 0 aromatic heterocycles. The SMILES string of the molecule is CN1CCN(c2ccc(O)c(C(=O)Nc3cc(-c4ccccc4)ccc3C(=O)O)c2)CC1. The number of phenolic OH excluding ortho intramolecular Hbond substituents is 1. The standard InChI is InChI=1S/C25H25N3O4/c1-27-11-13-28(14-12-27)19-8-10-23(29)21(16-19)24(30)26-22-15-18(7-9-20(22)25(31)32)17-5-3-2-4-6-17/h2-10,15-16,29H,11-14H2,1H3,(H,26,30)(H,31,32). The first-order chi connectivity index (χ1) is 15.4. The van der Waals surface area contributed by atoms with Crippen LogP contribution in [0.2, 0.25) is 0 Å². The van der Waals surface area contributed by atoms with Gasteiger partial charge >= 0.3 is 5.97 Å². The number of carbonyl (C=O) groups is 2. The quantitative estimate of drug-likeness (QED) is 0.570. The average molecular weight is 431 g/mol. The molecule has 3 aromatic carbocycles. The molecule has 0 saturated carbocycles. The fraction of sp³-hybridized carbons (Fsp3) is 0.200.